The van der Waals surface area contributed by atoms with Gasteiger partial charge in [-0.25, -0.2) is 4.39 Å². The molecule has 2 aliphatic rings. The molecule has 4 rings (SSSR count). The zero-order valence-corrected chi connectivity index (χ0v) is 16.5. The molecule has 2 fully saturated rings. The van der Waals surface area contributed by atoms with E-state index in [2.05, 4.69) is 34.7 Å². The van der Waals surface area contributed by atoms with Crippen LogP contribution >= 0.6 is 11.3 Å². The smallest absolute Gasteiger partial charge is 0.223 e. The summed E-state index contributed by atoms with van der Waals surface area (Å²) in [6.07, 6.45) is 2.05. The third-order valence-corrected chi connectivity index (χ3v) is 6.66. The molecule has 1 aliphatic carbocycles. The summed E-state index contributed by atoms with van der Waals surface area (Å²) in [7, 11) is 0. The number of para-hydroxylation sites is 1. The van der Waals surface area contributed by atoms with Gasteiger partial charge in [0.05, 0.1) is 42.8 Å². The number of benzene rings is 1. The highest BCUT2D eigenvalue weighted by Crippen LogP contribution is 2.29. The fraction of sp³-hybridized carbons (Fsp3) is 0.476. The van der Waals surface area contributed by atoms with Gasteiger partial charge in [0.15, 0.2) is 0 Å². The number of hydrogen-bond donors (Lipinski definition) is 2. The number of rotatable bonds is 6. The average Bonchev–Trinajstić information content (AvgIpc) is 3.40. The van der Waals surface area contributed by atoms with Crippen LogP contribution in [0.25, 0.3) is 0 Å². The van der Waals surface area contributed by atoms with E-state index in [9.17, 15) is 9.18 Å². The lowest BCUT2D eigenvalue weighted by molar-refractivity contribution is -0.933. The number of anilines is 1. The van der Waals surface area contributed by atoms with Crippen molar-refractivity contribution in [3.8, 4) is 0 Å². The number of hydrogen-bond acceptors (Lipinski definition) is 3. The van der Waals surface area contributed by atoms with E-state index in [4.69, 9.17) is 0 Å². The minimum Gasteiger partial charge on any atom is -0.358 e. The van der Waals surface area contributed by atoms with Crippen molar-refractivity contribution in [1.29, 1.82) is 0 Å². The number of halogens is 1. The molecule has 2 atom stereocenters. The standard InChI is InChI=1S/C21H26FN3OS/c1-15(23-21(26)16-8-9-16)20(19-7-4-14-27-19)25-12-10-24(11-13-25)18-6-3-2-5-17(18)22/h2-7,14-16,20H,8-13H2,1H3,(H,23,26)/p+1/t15-,20-/m0/s1. The van der Waals surface area contributed by atoms with Crippen LogP contribution in [0.5, 0.6) is 0 Å². The van der Waals surface area contributed by atoms with E-state index in [-0.39, 0.29) is 29.7 Å². The number of thiophene rings is 1. The van der Waals surface area contributed by atoms with Gasteiger partial charge in [-0.15, -0.1) is 11.3 Å². The Labute approximate surface area is 164 Å². The molecule has 27 heavy (non-hydrogen) atoms. The Morgan fingerprint density at radius 1 is 1.22 bits per heavy atom. The molecule has 1 saturated heterocycles. The first-order chi connectivity index (χ1) is 13.1. The Balaban J connectivity index is 1.45. The molecular weight excluding hydrogens is 361 g/mol. The predicted molar refractivity (Wildman–Crippen MR) is 107 cm³/mol. The van der Waals surface area contributed by atoms with Crippen molar-refractivity contribution < 1.29 is 14.1 Å². The molecule has 4 nitrogen and oxygen atoms in total. The molecule has 2 heterocycles. The van der Waals surface area contributed by atoms with E-state index in [0.717, 1.165) is 39.0 Å². The third kappa shape index (κ3) is 4.17. The lowest BCUT2D eigenvalue weighted by Gasteiger charge is -2.39. The zero-order chi connectivity index (χ0) is 18.8. The molecule has 1 amide bonds. The van der Waals surface area contributed by atoms with E-state index in [1.165, 1.54) is 15.8 Å². The molecule has 1 aromatic heterocycles. The molecule has 6 heteroatoms. The van der Waals surface area contributed by atoms with Crippen molar-refractivity contribution >= 4 is 22.9 Å². The van der Waals surface area contributed by atoms with Crippen molar-refractivity contribution in [1.82, 2.24) is 5.32 Å². The summed E-state index contributed by atoms with van der Waals surface area (Å²) in [5, 5.41) is 5.36. The van der Waals surface area contributed by atoms with Crippen molar-refractivity contribution in [3.63, 3.8) is 0 Å². The first kappa shape index (κ1) is 18.4. The monoisotopic (exact) mass is 388 g/mol. The van der Waals surface area contributed by atoms with Gasteiger partial charge >= 0.3 is 0 Å². The fourth-order valence-electron chi connectivity index (χ4n) is 4.09. The number of amides is 1. The number of carbonyl (C=O) groups excluding carboxylic acids is 1. The van der Waals surface area contributed by atoms with Crippen LogP contribution < -0.4 is 15.1 Å². The Kier molecular flexibility index (Phi) is 5.45. The maximum atomic E-state index is 14.1. The van der Waals surface area contributed by atoms with Crippen LogP contribution in [0.2, 0.25) is 0 Å². The Hall–Kier alpha value is -1.92. The summed E-state index contributed by atoms with van der Waals surface area (Å²) >= 11 is 1.76. The number of quaternary nitrogens is 1. The highest BCUT2D eigenvalue weighted by Gasteiger charge is 2.37. The SMILES string of the molecule is C[C@H](NC(=O)C1CC1)[C@@H](c1cccs1)[NH+]1CCN(c2ccccc2F)CC1. The van der Waals surface area contributed by atoms with Crippen molar-refractivity contribution in [2.45, 2.75) is 31.8 Å². The Morgan fingerprint density at radius 2 is 1.96 bits per heavy atom. The highest BCUT2D eigenvalue weighted by molar-refractivity contribution is 7.10. The lowest BCUT2D eigenvalue weighted by Crippen LogP contribution is -3.16. The predicted octanol–water partition coefficient (Wildman–Crippen LogP) is 2.25. The molecule has 1 saturated carbocycles. The quantitative estimate of drug-likeness (QED) is 0.796. The highest BCUT2D eigenvalue weighted by atomic mass is 32.1. The number of carbonyl (C=O) groups is 1. The van der Waals surface area contributed by atoms with Crippen LogP contribution in [0, 0.1) is 11.7 Å². The summed E-state index contributed by atoms with van der Waals surface area (Å²) in [6, 6.07) is 11.6. The largest absolute Gasteiger partial charge is 0.358 e. The van der Waals surface area contributed by atoms with Gasteiger partial charge in [-0.1, -0.05) is 18.2 Å². The molecular formula is C21H27FN3OS+. The van der Waals surface area contributed by atoms with Gasteiger partial charge in [0.25, 0.3) is 0 Å². The van der Waals surface area contributed by atoms with Gasteiger partial charge < -0.3 is 15.1 Å². The van der Waals surface area contributed by atoms with Gasteiger partial charge in [-0.3, -0.25) is 4.79 Å². The van der Waals surface area contributed by atoms with Crippen molar-refractivity contribution in [2.75, 3.05) is 31.1 Å². The molecule has 0 radical (unpaired) electrons. The summed E-state index contributed by atoms with van der Waals surface area (Å²) in [6.45, 7) is 5.63. The molecule has 1 aromatic carbocycles. The van der Waals surface area contributed by atoms with Gasteiger partial charge in [0, 0.05) is 5.92 Å². The minimum absolute atomic E-state index is 0.0896. The second-order valence-electron chi connectivity index (χ2n) is 7.66. The maximum absolute atomic E-state index is 14.1. The van der Waals surface area contributed by atoms with Gasteiger partial charge in [-0.2, -0.15) is 0 Å². The lowest BCUT2D eigenvalue weighted by atomic mass is 10.0. The topological polar surface area (TPSA) is 36.8 Å². The second kappa shape index (κ2) is 7.98. The number of nitrogens with zero attached hydrogens (tertiary/aromatic N) is 1. The van der Waals surface area contributed by atoms with Crippen LogP contribution in [0.3, 0.4) is 0 Å². The normalized spacial score (nSPS) is 20.3. The summed E-state index contributed by atoms with van der Waals surface area (Å²) in [5.41, 5.74) is 0.694. The van der Waals surface area contributed by atoms with Crippen LogP contribution in [-0.2, 0) is 4.79 Å². The Morgan fingerprint density at radius 3 is 2.59 bits per heavy atom. The first-order valence-corrected chi connectivity index (χ1v) is 10.7. The molecule has 2 N–H and O–H groups in total. The third-order valence-electron chi connectivity index (χ3n) is 5.71. The Bertz CT molecular complexity index is 769. The molecule has 2 aromatic rings. The molecule has 144 valence electrons. The van der Waals surface area contributed by atoms with E-state index in [1.54, 1.807) is 17.4 Å². The van der Waals surface area contributed by atoms with E-state index in [1.807, 2.05) is 12.1 Å². The van der Waals surface area contributed by atoms with Crippen molar-refractivity contribution in [3.05, 3.63) is 52.5 Å². The molecule has 0 unspecified atom stereocenters. The van der Waals surface area contributed by atoms with E-state index in [0.29, 0.717) is 5.69 Å². The summed E-state index contributed by atoms with van der Waals surface area (Å²) in [5.74, 6) is 0.276. The second-order valence-corrected chi connectivity index (χ2v) is 8.64. The minimum atomic E-state index is -0.152. The van der Waals surface area contributed by atoms with Crippen molar-refractivity contribution in [2.24, 2.45) is 5.92 Å². The maximum Gasteiger partial charge on any atom is 0.223 e. The molecule has 0 spiro atoms. The molecule has 0 bridgehead atoms. The fourth-order valence-corrected chi connectivity index (χ4v) is 5.08. The summed E-state index contributed by atoms with van der Waals surface area (Å²) < 4.78 is 14.1. The molecule has 1 aliphatic heterocycles. The summed E-state index contributed by atoms with van der Waals surface area (Å²) in [4.78, 5) is 17.2. The van der Waals surface area contributed by atoms with Crippen LogP contribution in [0.1, 0.15) is 30.7 Å². The average molecular weight is 389 g/mol. The number of piperazine rings is 1. The first-order valence-electron chi connectivity index (χ1n) is 9.81. The van der Waals surface area contributed by atoms with Crippen LogP contribution in [0.15, 0.2) is 41.8 Å². The number of nitrogens with one attached hydrogen (secondary N) is 2. The van der Waals surface area contributed by atoms with E-state index < -0.39 is 0 Å². The van der Waals surface area contributed by atoms with Gasteiger partial charge in [0.2, 0.25) is 5.91 Å². The van der Waals surface area contributed by atoms with E-state index >= 15 is 0 Å². The van der Waals surface area contributed by atoms with Crippen LogP contribution in [0.4, 0.5) is 10.1 Å². The van der Waals surface area contributed by atoms with Crippen LogP contribution in [-0.4, -0.2) is 38.1 Å². The van der Waals surface area contributed by atoms with Gasteiger partial charge in [-0.05, 0) is 43.3 Å². The van der Waals surface area contributed by atoms with Gasteiger partial charge in [0.1, 0.15) is 11.9 Å². The zero-order valence-electron chi connectivity index (χ0n) is 15.7.